The standard InChI is InChI=1S/C17H24ClN3O2/c1-2-8-20-17(23)14-7-6-13(10-15(14)18)21-16(22)11-4-3-5-12(19)9-11/h6-7,10-12H,2-5,8-9,19H2,1H3,(H,20,23)(H,21,22). The van der Waals surface area contributed by atoms with Gasteiger partial charge in [0, 0.05) is 24.2 Å². The molecule has 0 radical (unpaired) electrons. The van der Waals surface area contributed by atoms with Gasteiger partial charge in [-0.3, -0.25) is 9.59 Å². The van der Waals surface area contributed by atoms with E-state index in [9.17, 15) is 9.59 Å². The Morgan fingerprint density at radius 2 is 2.13 bits per heavy atom. The Hall–Kier alpha value is -1.59. The van der Waals surface area contributed by atoms with Crippen LogP contribution in [0.5, 0.6) is 0 Å². The first kappa shape index (κ1) is 17.8. The highest BCUT2D eigenvalue weighted by Crippen LogP contribution is 2.26. The number of rotatable bonds is 5. The molecular weight excluding hydrogens is 314 g/mol. The van der Waals surface area contributed by atoms with Crippen molar-refractivity contribution in [2.24, 2.45) is 11.7 Å². The normalized spacial score (nSPS) is 20.8. The lowest BCUT2D eigenvalue weighted by molar-refractivity contribution is -0.120. The summed E-state index contributed by atoms with van der Waals surface area (Å²) in [5.74, 6) is -0.280. The molecule has 2 rings (SSSR count). The van der Waals surface area contributed by atoms with E-state index in [4.69, 9.17) is 17.3 Å². The predicted molar refractivity (Wildman–Crippen MR) is 92.6 cm³/mol. The molecule has 4 N–H and O–H groups in total. The van der Waals surface area contributed by atoms with Gasteiger partial charge in [-0.2, -0.15) is 0 Å². The van der Waals surface area contributed by atoms with Crippen LogP contribution >= 0.6 is 11.6 Å². The Labute approximate surface area is 142 Å². The monoisotopic (exact) mass is 337 g/mol. The van der Waals surface area contributed by atoms with Crippen LogP contribution in [0.2, 0.25) is 5.02 Å². The van der Waals surface area contributed by atoms with Gasteiger partial charge in [0.2, 0.25) is 5.91 Å². The lowest BCUT2D eigenvalue weighted by Gasteiger charge is -2.25. The van der Waals surface area contributed by atoms with Gasteiger partial charge in [-0.05, 0) is 43.9 Å². The molecule has 0 bridgehead atoms. The highest BCUT2D eigenvalue weighted by molar-refractivity contribution is 6.34. The molecule has 0 aliphatic heterocycles. The van der Waals surface area contributed by atoms with Gasteiger partial charge in [-0.15, -0.1) is 0 Å². The molecule has 1 aromatic carbocycles. The van der Waals surface area contributed by atoms with Gasteiger partial charge >= 0.3 is 0 Å². The van der Waals surface area contributed by atoms with Crippen molar-refractivity contribution in [3.8, 4) is 0 Å². The van der Waals surface area contributed by atoms with Gasteiger partial charge in [0.25, 0.3) is 5.91 Å². The van der Waals surface area contributed by atoms with Crippen LogP contribution in [0.3, 0.4) is 0 Å². The topological polar surface area (TPSA) is 84.2 Å². The van der Waals surface area contributed by atoms with Crippen LogP contribution in [0.4, 0.5) is 5.69 Å². The lowest BCUT2D eigenvalue weighted by atomic mass is 9.85. The van der Waals surface area contributed by atoms with E-state index in [0.29, 0.717) is 22.8 Å². The molecule has 1 aliphatic carbocycles. The van der Waals surface area contributed by atoms with Gasteiger partial charge in [0.15, 0.2) is 0 Å². The molecule has 2 unspecified atom stereocenters. The number of hydrogen-bond donors (Lipinski definition) is 3. The summed E-state index contributed by atoms with van der Waals surface area (Å²) >= 11 is 6.16. The molecule has 0 saturated heterocycles. The molecular formula is C17H24ClN3O2. The Morgan fingerprint density at radius 1 is 1.35 bits per heavy atom. The average Bonchev–Trinajstić information content (AvgIpc) is 2.52. The maximum atomic E-state index is 12.3. The fourth-order valence-electron chi connectivity index (χ4n) is 2.82. The Morgan fingerprint density at radius 3 is 2.78 bits per heavy atom. The van der Waals surface area contributed by atoms with E-state index in [0.717, 1.165) is 32.1 Å². The molecule has 1 aromatic rings. The van der Waals surface area contributed by atoms with Gasteiger partial charge < -0.3 is 16.4 Å². The van der Waals surface area contributed by atoms with Gasteiger partial charge in [-0.25, -0.2) is 0 Å². The van der Waals surface area contributed by atoms with Gasteiger partial charge in [-0.1, -0.05) is 24.9 Å². The minimum absolute atomic E-state index is 0.0283. The Bertz CT molecular complexity index is 577. The average molecular weight is 338 g/mol. The molecule has 6 heteroatoms. The summed E-state index contributed by atoms with van der Waals surface area (Å²) in [7, 11) is 0. The van der Waals surface area contributed by atoms with Crippen molar-refractivity contribution in [3.63, 3.8) is 0 Å². The molecule has 126 valence electrons. The van der Waals surface area contributed by atoms with Crippen LogP contribution in [0, 0.1) is 5.92 Å². The first-order chi connectivity index (χ1) is 11.0. The second-order valence-electron chi connectivity index (χ2n) is 6.06. The summed E-state index contributed by atoms with van der Waals surface area (Å²) in [6, 6.07) is 5.05. The maximum absolute atomic E-state index is 12.3. The summed E-state index contributed by atoms with van der Waals surface area (Å²) in [5.41, 5.74) is 6.95. The Kier molecular flexibility index (Phi) is 6.42. The van der Waals surface area contributed by atoms with Crippen molar-refractivity contribution >= 4 is 29.1 Å². The zero-order chi connectivity index (χ0) is 16.8. The fourth-order valence-corrected chi connectivity index (χ4v) is 3.09. The molecule has 2 atom stereocenters. The number of carbonyl (C=O) groups excluding carboxylic acids is 2. The number of nitrogens with one attached hydrogen (secondary N) is 2. The van der Waals surface area contributed by atoms with E-state index >= 15 is 0 Å². The molecule has 2 amide bonds. The van der Waals surface area contributed by atoms with Crippen molar-refractivity contribution in [1.82, 2.24) is 5.32 Å². The minimum atomic E-state index is -0.201. The van der Waals surface area contributed by atoms with E-state index < -0.39 is 0 Å². The zero-order valence-corrected chi connectivity index (χ0v) is 14.2. The quantitative estimate of drug-likeness (QED) is 0.772. The second-order valence-corrected chi connectivity index (χ2v) is 6.47. The van der Waals surface area contributed by atoms with Crippen LogP contribution in [0.15, 0.2) is 18.2 Å². The van der Waals surface area contributed by atoms with Crippen LogP contribution in [0.1, 0.15) is 49.4 Å². The third-order valence-corrected chi connectivity index (χ3v) is 4.42. The van der Waals surface area contributed by atoms with E-state index in [1.165, 1.54) is 0 Å². The summed E-state index contributed by atoms with van der Waals surface area (Å²) < 4.78 is 0. The van der Waals surface area contributed by atoms with Crippen molar-refractivity contribution in [1.29, 1.82) is 0 Å². The molecule has 23 heavy (non-hydrogen) atoms. The highest BCUT2D eigenvalue weighted by atomic mass is 35.5. The minimum Gasteiger partial charge on any atom is -0.352 e. The molecule has 1 fully saturated rings. The molecule has 1 saturated carbocycles. The molecule has 5 nitrogen and oxygen atoms in total. The molecule has 1 aliphatic rings. The number of benzene rings is 1. The summed E-state index contributed by atoms with van der Waals surface area (Å²) in [6.07, 6.45) is 4.41. The van der Waals surface area contributed by atoms with Crippen LogP contribution in [-0.4, -0.2) is 24.4 Å². The summed E-state index contributed by atoms with van der Waals surface area (Å²) in [4.78, 5) is 24.2. The fraction of sp³-hybridized carbons (Fsp3) is 0.529. The number of nitrogens with two attached hydrogens (primary N) is 1. The third-order valence-electron chi connectivity index (χ3n) is 4.10. The van der Waals surface area contributed by atoms with Crippen molar-refractivity contribution < 1.29 is 9.59 Å². The molecule has 0 aromatic heterocycles. The number of halogens is 1. The number of anilines is 1. The molecule has 0 heterocycles. The van der Waals surface area contributed by atoms with Crippen LogP contribution in [-0.2, 0) is 4.79 Å². The van der Waals surface area contributed by atoms with E-state index in [1.807, 2.05) is 6.92 Å². The second kappa shape index (κ2) is 8.31. The van der Waals surface area contributed by atoms with Gasteiger partial charge in [0.1, 0.15) is 0 Å². The number of hydrogen-bond acceptors (Lipinski definition) is 3. The number of amides is 2. The maximum Gasteiger partial charge on any atom is 0.252 e. The van der Waals surface area contributed by atoms with Crippen molar-refractivity contribution in [2.45, 2.75) is 45.1 Å². The first-order valence-corrected chi connectivity index (χ1v) is 8.53. The van der Waals surface area contributed by atoms with E-state index in [2.05, 4.69) is 10.6 Å². The highest BCUT2D eigenvalue weighted by Gasteiger charge is 2.25. The van der Waals surface area contributed by atoms with Crippen LogP contribution < -0.4 is 16.4 Å². The van der Waals surface area contributed by atoms with E-state index in [-0.39, 0.29) is 23.8 Å². The lowest BCUT2D eigenvalue weighted by Crippen LogP contribution is -2.34. The van der Waals surface area contributed by atoms with Crippen molar-refractivity contribution in [3.05, 3.63) is 28.8 Å². The van der Waals surface area contributed by atoms with Crippen molar-refractivity contribution in [2.75, 3.05) is 11.9 Å². The first-order valence-electron chi connectivity index (χ1n) is 8.15. The third kappa shape index (κ3) is 4.94. The predicted octanol–water partition coefficient (Wildman–Crippen LogP) is 2.94. The van der Waals surface area contributed by atoms with E-state index in [1.54, 1.807) is 18.2 Å². The zero-order valence-electron chi connectivity index (χ0n) is 13.4. The molecule has 0 spiro atoms. The van der Waals surface area contributed by atoms with Crippen LogP contribution in [0.25, 0.3) is 0 Å². The summed E-state index contributed by atoms with van der Waals surface area (Å²) in [6.45, 7) is 2.59. The SMILES string of the molecule is CCCNC(=O)c1ccc(NC(=O)C2CCCC(N)C2)cc1Cl. The Balaban J connectivity index is 1.99. The smallest absolute Gasteiger partial charge is 0.252 e. The number of carbonyl (C=O) groups is 2. The van der Waals surface area contributed by atoms with Gasteiger partial charge in [0.05, 0.1) is 10.6 Å². The largest absolute Gasteiger partial charge is 0.352 e. The summed E-state index contributed by atoms with van der Waals surface area (Å²) in [5, 5.41) is 5.98.